The number of rotatable bonds is 4. The molecule has 0 aliphatic carbocycles. The Bertz CT molecular complexity index is 467. The molecule has 1 aromatic heterocycles. The van der Waals surface area contributed by atoms with Crippen molar-refractivity contribution in [3.63, 3.8) is 0 Å². The van der Waals surface area contributed by atoms with E-state index in [1.54, 1.807) is 30.6 Å². The third kappa shape index (κ3) is 3.72. The SMILES string of the molecule is CC=C/C=C(\[C](=[Ni])C(=O)OC)c1ncccn1. The van der Waals surface area contributed by atoms with E-state index in [9.17, 15) is 4.79 Å². The number of aromatic nitrogens is 2. The molecule has 0 bridgehead atoms. The van der Waals surface area contributed by atoms with Crippen LogP contribution >= 0.6 is 0 Å². The van der Waals surface area contributed by atoms with Gasteiger partial charge in [-0.2, -0.15) is 0 Å². The van der Waals surface area contributed by atoms with E-state index in [0.717, 1.165) is 0 Å². The Kier molecular flexibility index (Phi) is 5.43. The monoisotopic (exact) mass is 274 g/mol. The van der Waals surface area contributed by atoms with Crippen molar-refractivity contribution < 1.29 is 24.6 Å². The van der Waals surface area contributed by atoms with E-state index >= 15 is 0 Å². The van der Waals surface area contributed by atoms with Crippen LogP contribution in [0.3, 0.4) is 0 Å². The Hall–Kier alpha value is -1.61. The average Bonchev–Trinajstić information content (AvgIpc) is 2.39. The van der Waals surface area contributed by atoms with Gasteiger partial charge in [0.25, 0.3) is 0 Å². The van der Waals surface area contributed by atoms with Crippen LogP contribution in [0.5, 0.6) is 0 Å². The van der Waals surface area contributed by atoms with Gasteiger partial charge in [0.1, 0.15) is 0 Å². The van der Waals surface area contributed by atoms with Crippen LogP contribution < -0.4 is 0 Å². The number of allylic oxidation sites excluding steroid dienone is 3. The maximum absolute atomic E-state index is 11.4. The summed E-state index contributed by atoms with van der Waals surface area (Å²) in [7, 11) is 1.29. The van der Waals surface area contributed by atoms with Crippen LogP contribution in [0.2, 0.25) is 0 Å². The summed E-state index contributed by atoms with van der Waals surface area (Å²) >= 11 is 4.70. The summed E-state index contributed by atoms with van der Waals surface area (Å²) in [6.07, 6.45) is 8.49. The summed E-state index contributed by atoms with van der Waals surface area (Å²) in [6.45, 7) is 1.87. The number of carbonyl (C=O) groups is 1. The zero-order valence-corrected chi connectivity index (χ0v) is 10.5. The van der Waals surface area contributed by atoms with Crippen LogP contribution in [0.4, 0.5) is 0 Å². The van der Waals surface area contributed by atoms with Gasteiger partial charge in [-0.15, -0.1) is 0 Å². The van der Waals surface area contributed by atoms with E-state index in [0.29, 0.717) is 11.4 Å². The first-order valence-electron chi connectivity index (χ1n) is 4.89. The van der Waals surface area contributed by atoms with E-state index in [-0.39, 0.29) is 4.49 Å². The first-order valence-corrected chi connectivity index (χ1v) is 5.38. The third-order valence-electron chi connectivity index (χ3n) is 1.83. The molecule has 0 radical (unpaired) electrons. The number of methoxy groups -OCH3 is 1. The molecule has 0 fully saturated rings. The second-order valence-electron chi connectivity index (χ2n) is 2.95. The Morgan fingerprint density at radius 3 is 2.59 bits per heavy atom. The summed E-state index contributed by atoms with van der Waals surface area (Å²) in [5, 5.41) is 0. The van der Waals surface area contributed by atoms with Crippen LogP contribution in [0.15, 0.2) is 36.7 Å². The molecule has 92 valence electrons. The van der Waals surface area contributed by atoms with Gasteiger partial charge in [-0.3, -0.25) is 0 Å². The second kappa shape index (κ2) is 6.87. The molecule has 0 spiro atoms. The third-order valence-corrected chi connectivity index (χ3v) is 2.30. The number of hydrogen-bond donors (Lipinski definition) is 0. The maximum atomic E-state index is 11.4. The van der Waals surface area contributed by atoms with E-state index in [4.69, 9.17) is 15.0 Å². The van der Waals surface area contributed by atoms with Crippen LogP contribution in [0.25, 0.3) is 5.57 Å². The van der Waals surface area contributed by atoms with Crippen molar-refractivity contribution in [2.24, 2.45) is 0 Å². The average molecular weight is 275 g/mol. The standard InChI is InChI=1S/C12H12N2O2.Ni/c1-3-4-6-10(9-11(15)16-2)12-13-7-5-8-14-12;/h3-8H,1-2H3;/b4-3?,10-6+;. The second-order valence-corrected chi connectivity index (χ2v) is 3.45. The van der Waals surface area contributed by atoms with Crippen LogP contribution in [-0.2, 0) is 24.6 Å². The van der Waals surface area contributed by atoms with E-state index in [2.05, 4.69) is 14.7 Å². The molecule has 4 nitrogen and oxygen atoms in total. The van der Waals surface area contributed by atoms with Crippen molar-refractivity contribution in [1.82, 2.24) is 9.97 Å². The molecule has 1 rings (SSSR count). The number of carbonyl (C=O) groups excluding carboxylic acids is 1. The molecule has 1 aromatic rings. The van der Waals surface area contributed by atoms with E-state index in [1.807, 2.05) is 13.0 Å². The van der Waals surface area contributed by atoms with Crippen LogP contribution in [0, 0.1) is 0 Å². The van der Waals surface area contributed by atoms with Crippen molar-refractivity contribution in [2.75, 3.05) is 7.11 Å². The van der Waals surface area contributed by atoms with Crippen molar-refractivity contribution in [1.29, 1.82) is 0 Å². The Labute approximate surface area is 107 Å². The molecule has 0 aliphatic rings. The molecule has 5 heteroatoms. The molecule has 0 amide bonds. The normalized spacial score (nSPS) is 11.6. The molecule has 1 heterocycles. The fourth-order valence-corrected chi connectivity index (χ4v) is 1.35. The van der Waals surface area contributed by atoms with Gasteiger partial charge in [-0.1, -0.05) is 0 Å². The molecule has 0 unspecified atom stereocenters. The van der Waals surface area contributed by atoms with Crippen molar-refractivity contribution >= 4 is 16.0 Å². The topological polar surface area (TPSA) is 52.1 Å². The minimum atomic E-state index is -0.548. The Morgan fingerprint density at radius 2 is 2.06 bits per heavy atom. The fourth-order valence-electron chi connectivity index (χ4n) is 1.06. The first kappa shape index (κ1) is 13.5. The molecule has 0 aromatic carbocycles. The van der Waals surface area contributed by atoms with Crippen LogP contribution in [-0.4, -0.2) is 27.5 Å². The summed E-state index contributed by atoms with van der Waals surface area (Å²) < 4.78 is 4.71. The van der Waals surface area contributed by atoms with Gasteiger partial charge in [0.05, 0.1) is 0 Å². The minimum absolute atomic E-state index is 0.108. The molecule has 0 atom stereocenters. The summed E-state index contributed by atoms with van der Waals surface area (Å²) in [5.41, 5.74) is 0.496. The van der Waals surface area contributed by atoms with Crippen molar-refractivity contribution in [3.05, 3.63) is 42.5 Å². The Morgan fingerprint density at radius 1 is 1.41 bits per heavy atom. The zero-order chi connectivity index (χ0) is 12.7. The van der Waals surface area contributed by atoms with Gasteiger partial charge in [-0.05, 0) is 0 Å². The summed E-state index contributed by atoms with van der Waals surface area (Å²) in [6, 6.07) is 1.70. The quantitative estimate of drug-likeness (QED) is 0.472. The molecule has 0 saturated carbocycles. The zero-order valence-electron chi connectivity index (χ0n) is 9.49. The van der Waals surface area contributed by atoms with Gasteiger partial charge in [0.15, 0.2) is 0 Å². The van der Waals surface area contributed by atoms with Crippen molar-refractivity contribution in [2.45, 2.75) is 6.92 Å². The number of nitrogens with zero attached hydrogens (tertiary/aromatic N) is 2. The molecular weight excluding hydrogens is 263 g/mol. The van der Waals surface area contributed by atoms with Gasteiger partial charge >= 0.3 is 107 Å². The first-order chi connectivity index (χ1) is 8.20. The summed E-state index contributed by atoms with van der Waals surface area (Å²) in [5.74, 6) is -0.134. The molecule has 17 heavy (non-hydrogen) atoms. The van der Waals surface area contributed by atoms with Gasteiger partial charge in [0, 0.05) is 0 Å². The Balaban J connectivity index is 3.14. The summed E-state index contributed by atoms with van der Waals surface area (Å²) in [4.78, 5) is 19.6. The van der Waals surface area contributed by atoms with Crippen LogP contribution in [0.1, 0.15) is 12.7 Å². The number of hydrogen-bond acceptors (Lipinski definition) is 4. The van der Waals surface area contributed by atoms with Gasteiger partial charge < -0.3 is 0 Å². The predicted molar refractivity (Wildman–Crippen MR) is 61.8 cm³/mol. The van der Waals surface area contributed by atoms with Gasteiger partial charge in [0.2, 0.25) is 0 Å². The van der Waals surface area contributed by atoms with E-state index < -0.39 is 5.97 Å². The molecule has 0 N–H and O–H groups in total. The molecule has 0 aliphatic heterocycles. The van der Waals surface area contributed by atoms with E-state index in [1.165, 1.54) is 7.11 Å². The number of esters is 1. The van der Waals surface area contributed by atoms with Crippen molar-refractivity contribution in [3.8, 4) is 0 Å². The predicted octanol–water partition coefficient (Wildman–Crippen LogP) is 1.33. The molecular formula is C12H12N2NiO2. The fraction of sp³-hybridized carbons (Fsp3) is 0.167. The molecule has 0 saturated heterocycles. The number of ether oxygens (including phenoxy) is 1. The van der Waals surface area contributed by atoms with Gasteiger partial charge in [-0.25, -0.2) is 0 Å².